The predicted molar refractivity (Wildman–Crippen MR) is 80.2 cm³/mol. The van der Waals surface area contributed by atoms with Crippen molar-refractivity contribution in [1.82, 2.24) is 10.3 Å². The van der Waals surface area contributed by atoms with E-state index in [-0.39, 0.29) is 0 Å². The molecule has 100 valence electrons. The number of anilines is 1. The minimum absolute atomic E-state index is 0.548. The van der Waals surface area contributed by atoms with Gasteiger partial charge in [0.2, 0.25) is 0 Å². The molecule has 0 radical (unpaired) electrons. The van der Waals surface area contributed by atoms with Gasteiger partial charge in [-0.05, 0) is 47.3 Å². The van der Waals surface area contributed by atoms with Crippen LogP contribution >= 0.6 is 15.9 Å². The lowest BCUT2D eigenvalue weighted by Crippen LogP contribution is -2.40. The Morgan fingerprint density at radius 1 is 1.56 bits per heavy atom. The maximum absolute atomic E-state index is 4.59. The average molecular weight is 312 g/mol. The van der Waals surface area contributed by atoms with Crippen molar-refractivity contribution in [2.45, 2.75) is 45.7 Å². The van der Waals surface area contributed by atoms with E-state index >= 15 is 0 Å². The Morgan fingerprint density at radius 3 is 3.00 bits per heavy atom. The van der Waals surface area contributed by atoms with Gasteiger partial charge < -0.3 is 10.2 Å². The highest BCUT2D eigenvalue weighted by Gasteiger charge is 2.26. The molecule has 2 rings (SSSR count). The summed E-state index contributed by atoms with van der Waals surface area (Å²) in [7, 11) is 0. The van der Waals surface area contributed by atoms with Gasteiger partial charge in [0, 0.05) is 35.8 Å². The molecule has 1 fully saturated rings. The van der Waals surface area contributed by atoms with Crippen LogP contribution in [0.25, 0.3) is 0 Å². The van der Waals surface area contributed by atoms with Crippen LogP contribution in [-0.2, 0) is 0 Å². The molecule has 18 heavy (non-hydrogen) atoms. The number of nitrogens with one attached hydrogen (secondary N) is 1. The van der Waals surface area contributed by atoms with Gasteiger partial charge in [0.25, 0.3) is 0 Å². The van der Waals surface area contributed by atoms with Crippen molar-refractivity contribution in [3.05, 3.63) is 22.3 Å². The van der Waals surface area contributed by atoms with E-state index in [1.165, 1.54) is 18.4 Å². The lowest BCUT2D eigenvalue weighted by Gasteiger charge is -2.28. The number of halogens is 1. The maximum atomic E-state index is 4.59. The van der Waals surface area contributed by atoms with E-state index in [4.69, 9.17) is 0 Å². The monoisotopic (exact) mass is 311 g/mol. The molecular weight excluding hydrogens is 290 g/mol. The molecule has 1 aromatic rings. The Morgan fingerprint density at radius 2 is 2.33 bits per heavy atom. The van der Waals surface area contributed by atoms with Gasteiger partial charge in [-0.15, -0.1) is 0 Å². The molecule has 1 aromatic heterocycles. The fourth-order valence-electron chi connectivity index (χ4n) is 2.53. The SMILES string of the molecule is Cc1cc(Br)cnc1N1CCCC1CNC(C)C. The first-order valence-electron chi connectivity index (χ1n) is 6.70. The molecule has 0 bridgehead atoms. The van der Waals surface area contributed by atoms with Gasteiger partial charge in [0.1, 0.15) is 5.82 Å². The third-order valence-electron chi connectivity index (χ3n) is 3.43. The zero-order valence-electron chi connectivity index (χ0n) is 11.4. The van der Waals surface area contributed by atoms with E-state index in [0.29, 0.717) is 12.1 Å². The van der Waals surface area contributed by atoms with Gasteiger partial charge >= 0.3 is 0 Å². The van der Waals surface area contributed by atoms with E-state index in [0.717, 1.165) is 23.4 Å². The molecule has 2 heterocycles. The van der Waals surface area contributed by atoms with Crippen molar-refractivity contribution < 1.29 is 0 Å². The Hall–Kier alpha value is -0.610. The molecule has 0 amide bonds. The Kier molecular flexibility index (Phi) is 4.62. The van der Waals surface area contributed by atoms with E-state index < -0.39 is 0 Å². The van der Waals surface area contributed by atoms with Crippen molar-refractivity contribution in [1.29, 1.82) is 0 Å². The van der Waals surface area contributed by atoms with Crippen LogP contribution in [0.5, 0.6) is 0 Å². The topological polar surface area (TPSA) is 28.2 Å². The summed E-state index contributed by atoms with van der Waals surface area (Å²) in [6.07, 6.45) is 4.42. The van der Waals surface area contributed by atoms with Crippen molar-refractivity contribution in [3.63, 3.8) is 0 Å². The highest BCUT2D eigenvalue weighted by Crippen LogP contribution is 2.27. The molecular formula is C14H22BrN3. The number of hydrogen-bond donors (Lipinski definition) is 1. The standard InChI is InChI=1S/C14H22BrN3/c1-10(2)16-9-13-5-4-6-18(13)14-11(3)7-12(15)8-17-14/h7-8,10,13,16H,4-6,9H2,1-3H3. The summed E-state index contributed by atoms with van der Waals surface area (Å²) in [5.41, 5.74) is 1.25. The number of aryl methyl sites for hydroxylation is 1. The van der Waals surface area contributed by atoms with Gasteiger partial charge in [-0.25, -0.2) is 4.98 Å². The summed E-state index contributed by atoms with van der Waals surface area (Å²) in [6, 6.07) is 3.28. The van der Waals surface area contributed by atoms with Crippen LogP contribution in [0.15, 0.2) is 16.7 Å². The van der Waals surface area contributed by atoms with Crippen LogP contribution in [0.2, 0.25) is 0 Å². The Labute approximate surface area is 118 Å². The second-order valence-corrected chi connectivity index (χ2v) is 6.26. The molecule has 1 saturated heterocycles. The quantitative estimate of drug-likeness (QED) is 0.926. The molecule has 0 spiro atoms. The summed E-state index contributed by atoms with van der Waals surface area (Å²) in [6.45, 7) is 8.71. The van der Waals surface area contributed by atoms with E-state index in [1.807, 2.05) is 6.20 Å². The van der Waals surface area contributed by atoms with Gasteiger partial charge in [-0.1, -0.05) is 13.8 Å². The van der Waals surface area contributed by atoms with Gasteiger partial charge in [0.15, 0.2) is 0 Å². The summed E-state index contributed by atoms with van der Waals surface area (Å²) < 4.78 is 1.06. The van der Waals surface area contributed by atoms with Crippen molar-refractivity contribution in [2.75, 3.05) is 18.0 Å². The van der Waals surface area contributed by atoms with Crippen LogP contribution in [0.3, 0.4) is 0 Å². The van der Waals surface area contributed by atoms with Crippen LogP contribution in [0.4, 0.5) is 5.82 Å². The van der Waals surface area contributed by atoms with E-state index in [9.17, 15) is 0 Å². The highest BCUT2D eigenvalue weighted by atomic mass is 79.9. The molecule has 0 aliphatic carbocycles. The minimum Gasteiger partial charge on any atom is -0.352 e. The minimum atomic E-state index is 0.548. The fraction of sp³-hybridized carbons (Fsp3) is 0.643. The number of rotatable bonds is 4. The van der Waals surface area contributed by atoms with E-state index in [2.05, 4.69) is 58.0 Å². The van der Waals surface area contributed by atoms with Crippen molar-refractivity contribution >= 4 is 21.7 Å². The third-order valence-corrected chi connectivity index (χ3v) is 3.86. The smallest absolute Gasteiger partial charge is 0.131 e. The average Bonchev–Trinajstić information content (AvgIpc) is 2.74. The molecule has 0 saturated carbocycles. The summed E-state index contributed by atoms with van der Waals surface area (Å²) in [5, 5.41) is 3.54. The molecule has 4 heteroatoms. The second-order valence-electron chi connectivity index (χ2n) is 5.35. The first-order chi connectivity index (χ1) is 8.58. The number of hydrogen-bond acceptors (Lipinski definition) is 3. The molecule has 0 aromatic carbocycles. The normalized spacial score (nSPS) is 19.8. The fourth-order valence-corrected chi connectivity index (χ4v) is 2.98. The molecule has 1 atom stereocenters. The van der Waals surface area contributed by atoms with E-state index in [1.54, 1.807) is 0 Å². The maximum Gasteiger partial charge on any atom is 0.131 e. The molecule has 1 aliphatic heterocycles. The lowest BCUT2D eigenvalue weighted by atomic mass is 10.2. The third kappa shape index (κ3) is 3.23. The highest BCUT2D eigenvalue weighted by molar-refractivity contribution is 9.10. The first-order valence-corrected chi connectivity index (χ1v) is 7.49. The second kappa shape index (κ2) is 6.02. The van der Waals surface area contributed by atoms with Crippen LogP contribution in [0, 0.1) is 6.92 Å². The Bertz CT molecular complexity index is 406. The number of nitrogens with zero attached hydrogens (tertiary/aromatic N) is 2. The predicted octanol–water partition coefficient (Wildman–Crippen LogP) is 3.12. The van der Waals surface area contributed by atoms with Gasteiger partial charge in [-0.2, -0.15) is 0 Å². The zero-order valence-corrected chi connectivity index (χ0v) is 13.0. The largest absolute Gasteiger partial charge is 0.352 e. The van der Waals surface area contributed by atoms with Crippen molar-refractivity contribution in [3.8, 4) is 0 Å². The van der Waals surface area contributed by atoms with Gasteiger partial charge in [-0.3, -0.25) is 0 Å². The molecule has 1 N–H and O–H groups in total. The molecule has 1 unspecified atom stereocenters. The molecule has 3 nitrogen and oxygen atoms in total. The molecule has 1 aliphatic rings. The zero-order chi connectivity index (χ0) is 13.1. The van der Waals surface area contributed by atoms with Crippen LogP contribution in [0.1, 0.15) is 32.3 Å². The summed E-state index contributed by atoms with van der Waals surface area (Å²) in [4.78, 5) is 7.04. The van der Waals surface area contributed by atoms with Crippen LogP contribution < -0.4 is 10.2 Å². The number of aromatic nitrogens is 1. The van der Waals surface area contributed by atoms with Gasteiger partial charge in [0.05, 0.1) is 0 Å². The van der Waals surface area contributed by atoms with Crippen molar-refractivity contribution in [2.24, 2.45) is 0 Å². The van der Waals surface area contributed by atoms with Crippen LogP contribution in [-0.4, -0.2) is 30.2 Å². The first kappa shape index (κ1) is 13.8. The summed E-state index contributed by atoms with van der Waals surface area (Å²) >= 11 is 3.48. The number of pyridine rings is 1. The lowest BCUT2D eigenvalue weighted by molar-refractivity contribution is 0.522. The summed E-state index contributed by atoms with van der Waals surface area (Å²) in [5.74, 6) is 1.14. The Balaban J connectivity index is 2.10.